The van der Waals surface area contributed by atoms with E-state index in [1.807, 2.05) is 20.8 Å². The van der Waals surface area contributed by atoms with Gasteiger partial charge in [0.1, 0.15) is 11.6 Å². The Bertz CT molecular complexity index is 454. The van der Waals surface area contributed by atoms with Gasteiger partial charge in [0.15, 0.2) is 0 Å². The standard InChI is InChI=1S/C14H20FNO3/c1-9(17)19-13-7-10(15)5-6-11(13)12(18)8-16-14(2,3)4/h5-7,12,16,18H,8H2,1-4H3/t12-/m0/s1. The minimum Gasteiger partial charge on any atom is -0.426 e. The van der Waals surface area contributed by atoms with Crippen LogP contribution in [0.3, 0.4) is 0 Å². The number of ether oxygens (including phenoxy) is 1. The molecular formula is C14H20FNO3. The summed E-state index contributed by atoms with van der Waals surface area (Å²) < 4.78 is 18.1. The van der Waals surface area contributed by atoms with Crippen molar-refractivity contribution in [2.75, 3.05) is 6.54 Å². The van der Waals surface area contributed by atoms with Crippen LogP contribution in [-0.2, 0) is 4.79 Å². The topological polar surface area (TPSA) is 58.6 Å². The molecule has 0 aromatic heterocycles. The van der Waals surface area contributed by atoms with Crippen molar-refractivity contribution in [2.24, 2.45) is 0 Å². The molecule has 0 aliphatic rings. The van der Waals surface area contributed by atoms with Crippen molar-refractivity contribution in [3.63, 3.8) is 0 Å². The molecule has 0 bridgehead atoms. The van der Waals surface area contributed by atoms with Crippen molar-refractivity contribution < 1.29 is 19.0 Å². The molecule has 0 amide bonds. The molecule has 1 rings (SSSR count). The van der Waals surface area contributed by atoms with Crippen molar-refractivity contribution in [2.45, 2.75) is 39.3 Å². The van der Waals surface area contributed by atoms with Gasteiger partial charge in [-0.1, -0.05) is 0 Å². The van der Waals surface area contributed by atoms with E-state index >= 15 is 0 Å². The molecular weight excluding hydrogens is 249 g/mol. The van der Waals surface area contributed by atoms with E-state index < -0.39 is 17.9 Å². The van der Waals surface area contributed by atoms with Gasteiger partial charge in [0, 0.05) is 30.6 Å². The molecule has 106 valence electrons. The van der Waals surface area contributed by atoms with Crippen LogP contribution in [0.1, 0.15) is 39.4 Å². The predicted molar refractivity (Wildman–Crippen MR) is 70.4 cm³/mol. The summed E-state index contributed by atoms with van der Waals surface area (Å²) in [5.41, 5.74) is 0.233. The summed E-state index contributed by atoms with van der Waals surface area (Å²) in [5, 5.41) is 13.2. The van der Waals surface area contributed by atoms with Gasteiger partial charge in [0.05, 0.1) is 6.10 Å². The first-order valence-electron chi connectivity index (χ1n) is 6.10. The van der Waals surface area contributed by atoms with Gasteiger partial charge >= 0.3 is 5.97 Å². The van der Waals surface area contributed by atoms with Crippen molar-refractivity contribution in [3.8, 4) is 5.75 Å². The number of nitrogens with one attached hydrogen (secondary N) is 1. The van der Waals surface area contributed by atoms with Gasteiger partial charge in [-0.05, 0) is 32.9 Å². The summed E-state index contributed by atoms with van der Waals surface area (Å²) in [7, 11) is 0. The molecule has 0 saturated carbocycles. The van der Waals surface area contributed by atoms with Gasteiger partial charge in [0.2, 0.25) is 0 Å². The van der Waals surface area contributed by atoms with E-state index in [0.717, 1.165) is 6.07 Å². The van der Waals surface area contributed by atoms with E-state index in [-0.39, 0.29) is 17.8 Å². The molecule has 5 heteroatoms. The van der Waals surface area contributed by atoms with Crippen LogP contribution in [-0.4, -0.2) is 23.2 Å². The summed E-state index contributed by atoms with van der Waals surface area (Å²) in [6.45, 7) is 7.42. The van der Waals surface area contributed by atoms with Crippen LogP contribution < -0.4 is 10.1 Å². The number of benzene rings is 1. The lowest BCUT2D eigenvalue weighted by Crippen LogP contribution is -2.38. The van der Waals surface area contributed by atoms with E-state index in [0.29, 0.717) is 5.56 Å². The van der Waals surface area contributed by atoms with Gasteiger partial charge in [-0.15, -0.1) is 0 Å². The number of hydrogen-bond acceptors (Lipinski definition) is 4. The largest absolute Gasteiger partial charge is 0.426 e. The molecule has 2 N–H and O–H groups in total. The average molecular weight is 269 g/mol. The SMILES string of the molecule is CC(=O)Oc1cc(F)ccc1[C@@H](O)CNC(C)(C)C. The molecule has 0 heterocycles. The van der Waals surface area contributed by atoms with Crippen LogP contribution >= 0.6 is 0 Å². The Kier molecular flexibility index (Phi) is 5.03. The van der Waals surface area contributed by atoms with Crippen molar-refractivity contribution in [3.05, 3.63) is 29.6 Å². The highest BCUT2D eigenvalue weighted by atomic mass is 19.1. The molecule has 0 unspecified atom stereocenters. The minimum atomic E-state index is -0.880. The molecule has 1 atom stereocenters. The third-order valence-electron chi connectivity index (χ3n) is 2.41. The first-order valence-corrected chi connectivity index (χ1v) is 6.10. The molecule has 0 fully saturated rings. The summed E-state index contributed by atoms with van der Waals surface area (Å²) >= 11 is 0. The van der Waals surface area contributed by atoms with Gasteiger partial charge in [-0.2, -0.15) is 0 Å². The summed E-state index contributed by atoms with van der Waals surface area (Å²) in [6, 6.07) is 3.74. The normalized spacial score (nSPS) is 13.2. The number of carbonyl (C=O) groups is 1. The number of halogens is 1. The number of β-amino-alcohol motifs (C(OH)–C–C–N with tert-alkyl or cyclic N) is 1. The molecule has 1 aromatic carbocycles. The van der Waals surface area contributed by atoms with E-state index in [2.05, 4.69) is 5.32 Å². The minimum absolute atomic E-state index is 0.0516. The molecule has 19 heavy (non-hydrogen) atoms. The fraction of sp³-hybridized carbons (Fsp3) is 0.500. The highest BCUT2D eigenvalue weighted by Gasteiger charge is 2.18. The molecule has 1 aromatic rings. The summed E-state index contributed by atoms with van der Waals surface area (Å²) in [4.78, 5) is 11.0. The number of esters is 1. The fourth-order valence-corrected chi connectivity index (χ4v) is 1.54. The third-order valence-corrected chi connectivity index (χ3v) is 2.41. The molecule has 0 saturated heterocycles. The smallest absolute Gasteiger partial charge is 0.308 e. The van der Waals surface area contributed by atoms with Crippen LogP contribution in [0.2, 0.25) is 0 Å². The number of aliphatic hydroxyl groups excluding tert-OH is 1. The maximum atomic E-state index is 13.1. The lowest BCUT2D eigenvalue weighted by atomic mass is 10.1. The second-order valence-corrected chi connectivity index (χ2v) is 5.42. The quantitative estimate of drug-likeness (QED) is 0.649. The fourth-order valence-electron chi connectivity index (χ4n) is 1.54. The first-order chi connectivity index (χ1) is 8.69. The van der Waals surface area contributed by atoms with Gasteiger partial charge < -0.3 is 15.2 Å². The Hall–Kier alpha value is -1.46. The van der Waals surface area contributed by atoms with Crippen LogP contribution in [0.5, 0.6) is 5.75 Å². The van der Waals surface area contributed by atoms with E-state index in [9.17, 15) is 14.3 Å². The Morgan fingerprint density at radius 3 is 2.63 bits per heavy atom. The summed E-state index contributed by atoms with van der Waals surface area (Å²) in [6.07, 6.45) is -0.880. The zero-order valence-corrected chi connectivity index (χ0v) is 11.7. The Labute approximate surface area is 112 Å². The third kappa shape index (κ3) is 5.36. The number of carbonyl (C=O) groups excluding carboxylic acids is 1. The number of rotatable bonds is 4. The Morgan fingerprint density at radius 1 is 1.47 bits per heavy atom. The van der Waals surface area contributed by atoms with Gasteiger partial charge in [-0.3, -0.25) is 4.79 Å². The monoisotopic (exact) mass is 269 g/mol. The zero-order valence-electron chi connectivity index (χ0n) is 11.7. The first kappa shape index (κ1) is 15.6. The lowest BCUT2D eigenvalue weighted by molar-refractivity contribution is -0.132. The number of aliphatic hydroxyl groups is 1. The lowest BCUT2D eigenvalue weighted by Gasteiger charge is -2.23. The van der Waals surface area contributed by atoms with Crippen molar-refractivity contribution >= 4 is 5.97 Å². The maximum Gasteiger partial charge on any atom is 0.308 e. The van der Waals surface area contributed by atoms with E-state index in [1.54, 1.807) is 0 Å². The second kappa shape index (κ2) is 6.12. The zero-order chi connectivity index (χ0) is 14.6. The van der Waals surface area contributed by atoms with E-state index in [4.69, 9.17) is 4.74 Å². The summed E-state index contributed by atoms with van der Waals surface area (Å²) in [5.74, 6) is -1.02. The van der Waals surface area contributed by atoms with Crippen LogP contribution in [0.25, 0.3) is 0 Å². The van der Waals surface area contributed by atoms with Crippen molar-refractivity contribution in [1.82, 2.24) is 5.32 Å². The Morgan fingerprint density at radius 2 is 2.11 bits per heavy atom. The second-order valence-electron chi connectivity index (χ2n) is 5.42. The van der Waals surface area contributed by atoms with Crippen LogP contribution in [0.15, 0.2) is 18.2 Å². The molecule has 0 spiro atoms. The highest BCUT2D eigenvalue weighted by molar-refractivity contribution is 5.69. The van der Waals surface area contributed by atoms with E-state index in [1.165, 1.54) is 19.1 Å². The molecule has 0 aliphatic carbocycles. The number of hydrogen-bond donors (Lipinski definition) is 2. The molecule has 4 nitrogen and oxygen atoms in total. The average Bonchev–Trinajstić information content (AvgIpc) is 2.24. The van der Waals surface area contributed by atoms with Gasteiger partial charge in [-0.25, -0.2) is 4.39 Å². The van der Waals surface area contributed by atoms with Gasteiger partial charge in [0.25, 0.3) is 0 Å². The predicted octanol–water partition coefficient (Wildman–Crippen LogP) is 2.17. The van der Waals surface area contributed by atoms with Crippen LogP contribution in [0, 0.1) is 5.82 Å². The maximum absolute atomic E-state index is 13.1. The van der Waals surface area contributed by atoms with Crippen molar-refractivity contribution in [1.29, 1.82) is 0 Å². The molecule has 0 radical (unpaired) electrons. The van der Waals surface area contributed by atoms with Crippen LogP contribution in [0.4, 0.5) is 4.39 Å². The Balaban J connectivity index is 2.89. The highest BCUT2D eigenvalue weighted by Crippen LogP contribution is 2.26. The molecule has 0 aliphatic heterocycles.